The molecule has 7 nitrogen and oxygen atoms in total. The van der Waals surface area contributed by atoms with Crippen molar-refractivity contribution in [3.63, 3.8) is 0 Å². The van der Waals surface area contributed by atoms with Crippen LogP contribution in [0.1, 0.15) is 20.8 Å². The SMILES string of the molecule is CC(=O)Oc1cc2c(cc1Cl)N(C(C)=O)c1cc(Cl)c(OC(C)=O)cc1O2. The monoisotopic (exact) mass is 409 g/mol. The molecule has 0 radical (unpaired) electrons. The minimum absolute atomic E-state index is 0.0871. The maximum Gasteiger partial charge on any atom is 0.308 e. The van der Waals surface area contributed by atoms with E-state index < -0.39 is 11.9 Å². The number of carbonyl (C=O) groups excluding carboxylic acids is 3. The second-order valence-electron chi connectivity index (χ2n) is 5.64. The Bertz CT molecular complexity index is 917. The summed E-state index contributed by atoms with van der Waals surface area (Å²) in [5.41, 5.74) is 0.708. The third-order valence-electron chi connectivity index (χ3n) is 3.55. The molecule has 1 heterocycles. The summed E-state index contributed by atoms with van der Waals surface area (Å²) >= 11 is 12.3. The van der Waals surface area contributed by atoms with Crippen LogP contribution in [-0.2, 0) is 14.4 Å². The molecule has 27 heavy (non-hydrogen) atoms. The summed E-state index contributed by atoms with van der Waals surface area (Å²) in [7, 11) is 0. The number of halogens is 2. The van der Waals surface area contributed by atoms with E-state index in [2.05, 4.69) is 0 Å². The van der Waals surface area contributed by atoms with Crippen LogP contribution in [0.15, 0.2) is 24.3 Å². The molecule has 140 valence electrons. The van der Waals surface area contributed by atoms with Gasteiger partial charge in [0.15, 0.2) is 23.0 Å². The first-order valence-corrected chi connectivity index (χ1v) is 8.45. The number of anilines is 2. The molecule has 0 unspecified atom stereocenters. The lowest BCUT2D eigenvalue weighted by atomic mass is 10.1. The zero-order valence-corrected chi connectivity index (χ0v) is 16.0. The third kappa shape index (κ3) is 3.70. The summed E-state index contributed by atoms with van der Waals surface area (Å²) in [5, 5.41) is 0.259. The van der Waals surface area contributed by atoms with Gasteiger partial charge in [-0.15, -0.1) is 0 Å². The van der Waals surface area contributed by atoms with Crippen LogP contribution < -0.4 is 19.1 Å². The fraction of sp³-hybridized carbons (Fsp3) is 0.167. The van der Waals surface area contributed by atoms with Crippen molar-refractivity contribution >= 4 is 52.4 Å². The highest BCUT2D eigenvalue weighted by atomic mass is 35.5. The van der Waals surface area contributed by atoms with Crippen molar-refractivity contribution in [1.82, 2.24) is 0 Å². The molecular formula is C18H13Cl2NO6. The van der Waals surface area contributed by atoms with Gasteiger partial charge >= 0.3 is 11.9 Å². The van der Waals surface area contributed by atoms with Crippen LogP contribution in [-0.4, -0.2) is 17.8 Å². The summed E-state index contributed by atoms with van der Waals surface area (Å²) in [5.74, 6) is -0.800. The number of rotatable bonds is 2. The molecular weight excluding hydrogens is 397 g/mol. The number of amides is 1. The Kier molecular flexibility index (Phi) is 4.99. The van der Waals surface area contributed by atoms with Crippen LogP contribution in [0.3, 0.4) is 0 Å². The van der Waals surface area contributed by atoms with Crippen molar-refractivity contribution in [2.45, 2.75) is 20.8 Å². The first-order chi connectivity index (χ1) is 12.7. The van der Waals surface area contributed by atoms with E-state index in [0.29, 0.717) is 11.4 Å². The van der Waals surface area contributed by atoms with Crippen molar-refractivity contribution in [2.75, 3.05) is 4.90 Å². The quantitative estimate of drug-likeness (QED) is 0.530. The summed E-state index contributed by atoms with van der Waals surface area (Å²) in [4.78, 5) is 36.1. The highest BCUT2D eigenvalue weighted by Gasteiger charge is 2.30. The van der Waals surface area contributed by atoms with Crippen molar-refractivity contribution in [2.24, 2.45) is 0 Å². The number of esters is 2. The zero-order chi connectivity index (χ0) is 19.9. The molecule has 1 aliphatic rings. The normalized spacial score (nSPS) is 11.8. The molecule has 2 aromatic carbocycles. The van der Waals surface area contributed by atoms with Crippen LogP contribution in [0.4, 0.5) is 11.4 Å². The topological polar surface area (TPSA) is 82.1 Å². The molecule has 0 spiro atoms. The number of hydrogen-bond acceptors (Lipinski definition) is 6. The van der Waals surface area contributed by atoms with E-state index in [0.717, 1.165) is 0 Å². The van der Waals surface area contributed by atoms with Gasteiger partial charge in [-0.2, -0.15) is 0 Å². The number of hydrogen-bond donors (Lipinski definition) is 0. The van der Waals surface area contributed by atoms with E-state index in [4.69, 9.17) is 37.4 Å². The second-order valence-corrected chi connectivity index (χ2v) is 6.46. The summed E-state index contributed by atoms with van der Waals surface area (Å²) < 4.78 is 15.9. The van der Waals surface area contributed by atoms with Gasteiger partial charge in [0, 0.05) is 32.9 Å². The Morgan fingerprint density at radius 2 is 1.22 bits per heavy atom. The highest BCUT2D eigenvalue weighted by Crippen LogP contribution is 2.52. The van der Waals surface area contributed by atoms with E-state index in [9.17, 15) is 14.4 Å². The maximum absolute atomic E-state index is 12.3. The van der Waals surface area contributed by atoms with Crippen LogP contribution in [0.5, 0.6) is 23.0 Å². The highest BCUT2D eigenvalue weighted by molar-refractivity contribution is 6.33. The van der Waals surface area contributed by atoms with Crippen LogP contribution in [0.25, 0.3) is 0 Å². The Hall–Kier alpha value is -2.77. The molecule has 0 aliphatic carbocycles. The molecule has 0 saturated heterocycles. The van der Waals surface area contributed by atoms with E-state index in [-0.39, 0.29) is 39.0 Å². The summed E-state index contributed by atoms with van der Waals surface area (Å²) in [6.45, 7) is 3.84. The van der Waals surface area contributed by atoms with Crippen molar-refractivity contribution in [1.29, 1.82) is 0 Å². The molecule has 0 saturated carbocycles. The smallest absolute Gasteiger partial charge is 0.308 e. The molecule has 1 aliphatic heterocycles. The van der Waals surface area contributed by atoms with Gasteiger partial charge in [0.2, 0.25) is 5.91 Å². The van der Waals surface area contributed by atoms with Gasteiger partial charge in [-0.1, -0.05) is 23.2 Å². The van der Waals surface area contributed by atoms with Gasteiger partial charge < -0.3 is 14.2 Å². The van der Waals surface area contributed by atoms with Crippen molar-refractivity contribution in [3.8, 4) is 23.0 Å². The third-order valence-corrected chi connectivity index (χ3v) is 4.14. The van der Waals surface area contributed by atoms with Crippen LogP contribution in [0, 0.1) is 0 Å². The number of nitrogens with zero attached hydrogens (tertiary/aromatic N) is 1. The largest absolute Gasteiger partial charge is 0.453 e. The predicted molar refractivity (Wildman–Crippen MR) is 98.4 cm³/mol. The lowest BCUT2D eigenvalue weighted by Crippen LogP contribution is -2.26. The lowest BCUT2D eigenvalue weighted by Gasteiger charge is -2.31. The Morgan fingerprint density at radius 3 is 1.56 bits per heavy atom. The fourth-order valence-corrected chi connectivity index (χ4v) is 3.01. The average molecular weight is 410 g/mol. The number of carbonyl (C=O) groups is 3. The van der Waals surface area contributed by atoms with Gasteiger partial charge in [-0.05, 0) is 12.1 Å². The van der Waals surface area contributed by atoms with Crippen LogP contribution >= 0.6 is 23.2 Å². The molecule has 9 heteroatoms. The fourth-order valence-electron chi connectivity index (χ4n) is 2.62. The molecule has 3 rings (SSSR count). The first-order valence-electron chi connectivity index (χ1n) is 7.70. The lowest BCUT2D eigenvalue weighted by molar-refractivity contribution is -0.132. The molecule has 0 N–H and O–H groups in total. The Labute approximate surface area is 164 Å². The van der Waals surface area contributed by atoms with E-state index in [1.807, 2.05) is 0 Å². The van der Waals surface area contributed by atoms with Gasteiger partial charge in [-0.3, -0.25) is 19.3 Å². The zero-order valence-electron chi connectivity index (χ0n) is 14.5. The summed E-state index contributed by atoms with van der Waals surface area (Å²) in [6, 6.07) is 5.71. The van der Waals surface area contributed by atoms with Gasteiger partial charge in [0.25, 0.3) is 0 Å². The van der Waals surface area contributed by atoms with E-state index >= 15 is 0 Å². The summed E-state index contributed by atoms with van der Waals surface area (Å²) in [6.07, 6.45) is 0. The Balaban J connectivity index is 2.16. The number of benzene rings is 2. The average Bonchev–Trinajstić information content (AvgIpc) is 2.54. The molecule has 0 fully saturated rings. The molecule has 0 bridgehead atoms. The van der Waals surface area contributed by atoms with Crippen molar-refractivity contribution < 1.29 is 28.6 Å². The molecule has 2 aromatic rings. The van der Waals surface area contributed by atoms with E-state index in [1.54, 1.807) is 0 Å². The molecule has 0 atom stereocenters. The van der Waals surface area contributed by atoms with Gasteiger partial charge in [-0.25, -0.2) is 0 Å². The molecule has 1 amide bonds. The van der Waals surface area contributed by atoms with Crippen molar-refractivity contribution in [3.05, 3.63) is 34.3 Å². The number of fused-ring (bicyclic) bond motifs is 2. The maximum atomic E-state index is 12.3. The second kappa shape index (κ2) is 7.09. The predicted octanol–water partition coefficient (Wildman–Crippen LogP) is 4.63. The Morgan fingerprint density at radius 1 is 0.815 bits per heavy atom. The minimum atomic E-state index is -0.555. The van der Waals surface area contributed by atoms with Gasteiger partial charge in [0.05, 0.1) is 21.4 Å². The number of ether oxygens (including phenoxy) is 3. The van der Waals surface area contributed by atoms with Gasteiger partial charge in [0.1, 0.15) is 0 Å². The van der Waals surface area contributed by atoms with Crippen LogP contribution in [0.2, 0.25) is 10.0 Å². The molecule has 0 aromatic heterocycles. The minimum Gasteiger partial charge on any atom is -0.453 e. The standard InChI is InChI=1S/C18H13Cl2NO6/c1-8(22)21-13-4-11(19)15(25-9(2)23)6-17(13)27-18-7-16(26-10(3)24)12(20)5-14(18)21/h4-7H,1-3H3. The van der Waals surface area contributed by atoms with E-state index in [1.165, 1.54) is 49.9 Å². The first kappa shape index (κ1) is 19.0.